The van der Waals surface area contributed by atoms with Gasteiger partial charge >= 0.3 is 0 Å². The van der Waals surface area contributed by atoms with E-state index in [0.29, 0.717) is 11.5 Å². The molecule has 1 aliphatic rings. The van der Waals surface area contributed by atoms with Crippen LogP contribution < -0.4 is 5.32 Å². The van der Waals surface area contributed by atoms with E-state index >= 15 is 0 Å². The number of carbonyl (C=O) groups excluding carboxylic acids is 1. The van der Waals surface area contributed by atoms with Gasteiger partial charge in [0, 0.05) is 22.2 Å². The molecule has 4 nitrogen and oxygen atoms in total. The van der Waals surface area contributed by atoms with E-state index < -0.39 is 0 Å². The highest BCUT2D eigenvalue weighted by atomic mass is 79.9. The number of hydrogen-bond acceptors (Lipinski definition) is 3. The highest BCUT2D eigenvalue weighted by Crippen LogP contribution is 2.31. The summed E-state index contributed by atoms with van der Waals surface area (Å²) >= 11 is 3.54. The number of amides is 1. The molecule has 0 atom stereocenters. The van der Waals surface area contributed by atoms with Crippen LogP contribution in [-0.2, 0) is 4.79 Å². The third-order valence-electron chi connectivity index (χ3n) is 4.61. The second-order valence-corrected chi connectivity index (χ2v) is 7.52. The van der Waals surface area contributed by atoms with E-state index in [-0.39, 0.29) is 17.5 Å². The fraction of sp³-hybridized carbons (Fsp3) is 0.333. The van der Waals surface area contributed by atoms with Gasteiger partial charge in [0.2, 0.25) is 0 Å². The molecule has 26 heavy (non-hydrogen) atoms. The van der Waals surface area contributed by atoms with Crippen LogP contribution in [0.5, 0.6) is 0 Å². The number of furan rings is 1. The van der Waals surface area contributed by atoms with Crippen LogP contribution in [-0.4, -0.2) is 11.9 Å². The van der Waals surface area contributed by atoms with Gasteiger partial charge in [0.15, 0.2) is 0 Å². The van der Waals surface area contributed by atoms with Gasteiger partial charge in [-0.15, -0.1) is 0 Å². The van der Waals surface area contributed by atoms with Crippen LogP contribution in [0.4, 0.5) is 0 Å². The van der Waals surface area contributed by atoms with Gasteiger partial charge < -0.3 is 9.73 Å². The van der Waals surface area contributed by atoms with E-state index in [1.54, 1.807) is 6.07 Å². The highest BCUT2D eigenvalue weighted by Gasteiger charge is 2.18. The molecule has 1 aromatic carbocycles. The Hall–Kier alpha value is -2.32. The number of aryl methyl sites for hydroxylation is 1. The molecule has 3 rings (SSSR count). The topological polar surface area (TPSA) is 66.0 Å². The van der Waals surface area contributed by atoms with Crippen LogP contribution in [0, 0.1) is 18.3 Å². The molecular formula is C21H21BrN2O2. The summed E-state index contributed by atoms with van der Waals surface area (Å²) in [7, 11) is 0. The van der Waals surface area contributed by atoms with Crippen molar-refractivity contribution in [2.24, 2.45) is 0 Å². The average molecular weight is 413 g/mol. The molecule has 1 amide bonds. The van der Waals surface area contributed by atoms with Crippen molar-refractivity contribution in [3.8, 4) is 17.4 Å². The van der Waals surface area contributed by atoms with E-state index in [2.05, 4.69) is 21.2 Å². The quantitative estimate of drug-likeness (QED) is 0.541. The standard InChI is InChI=1S/C21H21BrN2O2/c1-14-7-9-18(19(22)11-14)20-10-8-17(26-20)12-15(13-23)21(25)24-16-5-3-2-4-6-16/h7-12,16H,2-6H2,1H3,(H,24,25). The largest absolute Gasteiger partial charge is 0.457 e. The normalized spacial score (nSPS) is 15.5. The lowest BCUT2D eigenvalue weighted by Gasteiger charge is -2.22. The molecule has 5 heteroatoms. The van der Waals surface area contributed by atoms with Crippen LogP contribution in [0.1, 0.15) is 43.4 Å². The van der Waals surface area contributed by atoms with E-state index in [9.17, 15) is 10.1 Å². The summed E-state index contributed by atoms with van der Waals surface area (Å²) in [6.07, 6.45) is 6.95. The molecule has 134 valence electrons. The lowest BCUT2D eigenvalue weighted by atomic mass is 9.95. The fourth-order valence-electron chi connectivity index (χ4n) is 3.20. The minimum absolute atomic E-state index is 0.0689. The maximum Gasteiger partial charge on any atom is 0.262 e. The van der Waals surface area contributed by atoms with Crippen LogP contribution in [0.15, 0.2) is 44.8 Å². The minimum atomic E-state index is -0.325. The number of nitrogens with one attached hydrogen (secondary N) is 1. The summed E-state index contributed by atoms with van der Waals surface area (Å²) < 4.78 is 6.77. The van der Waals surface area contributed by atoms with Crippen molar-refractivity contribution in [3.63, 3.8) is 0 Å². The van der Waals surface area contributed by atoms with Gasteiger partial charge in [0.05, 0.1) is 0 Å². The number of hydrogen-bond donors (Lipinski definition) is 1. The van der Waals surface area contributed by atoms with Gasteiger partial charge in [-0.25, -0.2) is 0 Å². The zero-order valence-electron chi connectivity index (χ0n) is 14.7. The van der Waals surface area contributed by atoms with Crippen molar-refractivity contribution in [1.29, 1.82) is 5.26 Å². The molecule has 1 N–H and O–H groups in total. The first-order valence-electron chi connectivity index (χ1n) is 8.86. The molecule has 0 aliphatic heterocycles. The Morgan fingerprint density at radius 3 is 2.73 bits per heavy atom. The Labute approximate surface area is 162 Å². The predicted molar refractivity (Wildman–Crippen MR) is 105 cm³/mol. The van der Waals surface area contributed by atoms with Crippen molar-refractivity contribution in [2.75, 3.05) is 0 Å². The van der Waals surface area contributed by atoms with E-state index in [1.165, 1.54) is 12.5 Å². The zero-order chi connectivity index (χ0) is 18.5. The van der Waals surface area contributed by atoms with Gasteiger partial charge in [0.25, 0.3) is 5.91 Å². The number of halogens is 1. The first-order valence-corrected chi connectivity index (χ1v) is 9.65. The van der Waals surface area contributed by atoms with Gasteiger partial charge in [0.1, 0.15) is 23.2 Å². The molecule has 1 heterocycles. The zero-order valence-corrected chi connectivity index (χ0v) is 16.3. The van der Waals surface area contributed by atoms with Crippen LogP contribution >= 0.6 is 15.9 Å². The van der Waals surface area contributed by atoms with Gasteiger partial charge in [-0.2, -0.15) is 5.26 Å². The van der Waals surface area contributed by atoms with Crippen molar-refractivity contribution in [1.82, 2.24) is 5.32 Å². The van der Waals surface area contributed by atoms with E-state index in [4.69, 9.17) is 4.42 Å². The van der Waals surface area contributed by atoms with Crippen molar-refractivity contribution in [3.05, 3.63) is 51.7 Å². The Morgan fingerprint density at radius 1 is 1.27 bits per heavy atom. The highest BCUT2D eigenvalue weighted by molar-refractivity contribution is 9.10. The Bertz CT molecular complexity index is 870. The molecule has 1 aromatic heterocycles. The SMILES string of the molecule is Cc1ccc(-c2ccc(C=C(C#N)C(=O)NC3CCCCC3)o2)c(Br)c1. The van der Waals surface area contributed by atoms with Crippen molar-refractivity contribution in [2.45, 2.75) is 45.1 Å². The summed E-state index contributed by atoms with van der Waals surface area (Å²) in [5.74, 6) is 0.852. The molecular weight excluding hydrogens is 392 g/mol. The first kappa shape index (κ1) is 18.5. The van der Waals surface area contributed by atoms with Crippen molar-refractivity contribution >= 4 is 27.9 Å². The Balaban J connectivity index is 1.76. The maximum absolute atomic E-state index is 12.4. The number of benzene rings is 1. The minimum Gasteiger partial charge on any atom is -0.457 e. The summed E-state index contributed by atoms with van der Waals surface area (Å²) in [6, 6.07) is 11.8. The molecule has 0 spiro atoms. The molecule has 0 unspecified atom stereocenters. The number of nitriles is 1. The number of rotatable bonds is 4. The smallest absolute Gasteiger partial charge is 0.262 e. The molecule has 1 saturated carbocycles. The van der Waals surface area contributed by atoms with Crippen LogP contribution in [0.25, 0.3) is 17.4 Å². The first-order chi connectivity index (χ1) is 12.6. The molecule has 0 bridgehead atoms. The Morgan fingerprint density at radius 2 is 2.04 bits per heavy atom. The summed E-state index contributed by atoms with van der Waals surface area (Å²) in [6.45, 7) is 2.02. The second-order valence-electron chi connectivity index (χ2n) is 6.66. The second kappa shape index (κ2) is 8.37. The third-order valence-corrected chi connectivity index (χ3v) is 5.26. The van der Waals surface area contributed by atoms with Crippen LogP contribution in [0.3, 0.4) is 0 Å². The predicted octanol–water partition coefficient (Wildman–Crippen LogP) is 5.37. The van der Waals surface area contributed by atoms with E-state index in [1.807, 2.05) is 37.3 Å². The summed E-state index contributed by atoms with van der Waals surface area (Å²) in [4.78, 5) is 12.4. The Kier molecular flexibility index (Phi) is 5.95. The number of carbonyl (C=O) groups is 1. The van der Waals surface area contributed by atoms with Gasteiger partial charge in [-0.05, 0) is 49.6 Å². The molecule has 0 saturated heterocycles. The lowest BCUT2D eigenvalue weighted by Crippen LogP contribution is -2.36. The van der Waals surface area contributed by atoms with Gasteiger partial charge in [-0.3, -0.25) is 4.79 Å². The lowest BCUT2D eigenvalue weighted by molar-refractivity contribution is -0.117. The molecule has 1 aliphatic carbocycles. The fourth-order valence-corrected chi connectivity index (χ4v) is 3.88. The summed E-state index contributed by atoms with van der Waals surface area (Å²) in [5.41, 5.74) is 2.15. The van der Waals surface area contributed by atoms with Gasteiger partial charge in [-0.1, -0.05) is 41.3 Å². The molecule has 2 aromatic rings. The van der Waals surface area contributed by atoms with E-state index in [0.717, 1.165) is 41.3 Å². The monoisotopic (exact) mass is 412 g/mol. The molecule has 1 fully saturated rings. The van der Waals surface area contributed by atoms with Crippen LogP contribution in [0.2, 0.25) is 0 Å². The molecule has 0 radical (unpaired) electrons. The third kappa shape index (κ3) is 4.44. The number of nitrogens with zero attached hydrogens (tertiary/aromatic N) is 1. The summed E-state index contributed by atoms with van der Waals surface area (Å²) in [5, 5.41) is 12.3. The van der Waals surface area contributed by atoms with Crippen molar-refractivity contribution < 1.29 is 9.21 Å². The maximum atomic E-state index is 12.4. The average Bonchev–Trinajstić information content (AvgIpc) is 3.08.